The topological polar surface area (TPSA) is 202 Å². The molecule has 1 aromatic carbocycles. The van der Waals surface area contributed by atoms with E-state index >= 15 is 0 Å². The van der Waals surface area contributed by atoms with Crippen LogP contribution in [-0.4, -0.2) is 170 Å². The molecule has 5 rings (SSSR count). The Kier molecular flexibility index (Phi) is 17.8. The lowest BCUT2D eigenvalue weighted by molar-refractivity contribution is -0.317. The van der Waals surface area contributed by atoms with Gasteiger partial charge < -0.3 is 67.8 Å². The summed E-state index contributed by atoms with van der Waals surface area (Å²) in [6.07, 6.45) is -9.45. The van der Waals surface area contributed by atoms with Crippen molar-refractivity contribution in [2.45, 2.75) is 192 Å². The minimum Gasteiger partial charge on any atom is -0.497 e. The van der Waals surface area contributed by atoms with Crippen molar-refractivity contribution in [2.75, 3.05) is 41.9 Å². The summed E-state index contributed by atoms with van der Waals surface area (Å²) in [7, 11) is 8.78. The van der Waals surface area contributed by atoms with Crippen LogP contribution in [0.4, 0.5) is 9.59 Å². The van der Waals surface area contributed by atoms with E-state index in [1.807, 2.05) is 77.7 Å². The molecule has 0 saturated carbocycles. The van der Waals surface area contributed by atoms with Gasteiger partial charge in [0.05, 0.1) is 43.0 Å². The number of aliphatic hydroxyl groups is 2. The zero-order valence-electron chi connectivity index (χ0n) is 41.8. The molecule has 66 heavy (non-hydrogen) atoms. The molecule has 3 N–H and O–H groups in total. The van der Waals surface area contributed by atoms with Crippen LogP contribution in [0.15, 0.2) is 24.3 Å². The van der Waals surface area contributed by atoms with Gasteiger partial charge in [-0.05, 0) is 112 Å². The molecule has 0 bridgehead atoms. The predicted molar refractivity (Wildman–Crippen MR) is 241 cm³/mol. The second-order valence-electron chi connectivity index (χ2n) is 20.2. The van der Waals surface area contributed by atoms with E-state index in [9.17, 15) is 24.6 Å². The Balaban J connectivity index is 1.50. The minimum atomic E-state index is -1.60. The normalized spacial score (nSPS) is 41.9. The van der Waals surface area contributed by atoms with Crippen LogP contribution >= 0.6 is 0 Å². The number of aliphatic hydroxyl groups excluding tert-OH is 1. The molecule has 18 nitrogen and oxygen atoms in total. The molecule has 18 heteroatoms. The molecule has 4 saturated heterocycles. The summed E-state index contributed by atoms with van der Waals surface area (Å²) >= 11 is 0. The van der Waals surface area contributed by atoms with Crippen molar-refractivity contribution in [1.82, 2.24) is 15.1 Å². The van der Waals surface area contributed by atoms with Gasteiger partial charge in [-0.25, -0.2) is 9.59 Å². The molecule has 1 aromatic rings. The van der Waals surface area contributed by atoms with Gasteiger partial charge in [-0.1, -0.05) is 32.9 Å². The summed E-state index contributed by atoms with van der Waals surface area (Å²) in [4.78, 5) is 44.8. The van der Waals surface area contributed by atoms with Gasteiger partial charge in [0, 0.05) is 44.6 Å². The van der Waals surface area contributed by atoms with Crippen molar-refractivity contribution in [3.8, 4) is 5.75 Å². The van der Waals surface area contributed by atoms with Gasteiger partial charge in [0.25, 0.3) is 0 Å². The number of cyclic esters (lactones) is 1. The van der Waals surface area contributed by atoms with Crippen molar-refractivity contribution < 1.29 is 72.0 Å². The highest BCUT2D eigenvalue weighted by Gasteiger charge is 2.58. The fourth-order valence-electron chi connectivity index (χ4n) is 10.6. The lowest BCUT2D eigenvalue weighted by Gasteiger charge is -2.49. The van der Waals surface area contributed by atoms with Gasteiger partial charge in [-0.3, -0.25) is 9.69 Å². The number of rotatable bonds is 11. The van der Waals surface area contributed by atoms with Crippen molar-refractivity contribution in [3.63, 3.8) is 0 Å². The lowest BCUT2D eigenvalue weighted by atomic mass is 9.77. The van der Waals surface area contributed by atoms with Crippen LogP contribution in [-0.2, 0) is 54.0 Å². The SMILES string of the molecule is CC[C@H]1OC(=O)[C@H](C)[C@@H](O[C@H]2C[C@@](C)(OC)[C@@H](OC(=O)NCc3ccc(OC)cc3)[C@H](C)O2)[C@H](C)[C@@H](O[C@@H]2O[C@H](C)C[C@H](N(C)C)[C@H]2O)[C@@](C)(O)C[C@@H](C)CN(C)[C@H](C)[C@H]2OC(=O)O[C@@]21C. The molecule has 376 valence electrons. The van der Waals surface area contributed by atoms with Gasteiger partial charge in [0.1, 0.15) is 23.6 Å². The van der Waals surface area contributed by atoms with Gasteiger partial charge in [0.15, 0.2) is 30.4 Å². The van der Waals surface area contributed by atoms with E-state index in [2.05, 4.69) is 5.32 Å². The van der Waals surface area contributed by atoms with E-state index in [-0.39, 0.29) is 43.5 Å². The third-order valence-electron chi connectivity index (χ3n) is 14.5. The van der Waals surface area contributed by atoms with Crippen molar-refractivity contribution in [2.24, 2.45) is 17.8 Å². The molecule has 4 aliphatic rings. The molecular weight excluding hydrogens is 859 g/mol. The van der Waals surface area contributed by atoms with Crippen molar-refractivity contribution >= 4 is 18.2 Å². The largest absolute Gasteiger partial charge is 0.509 e. The van der Waals surface area contributed by atoms with Crippen LogP contribution in [0.1, 0.15) is 100 Å². The first-order valence-corrected chi connectivity index (χ1v) is 23.5. The summed E-state index contributed by atoms with van der Waals surface area (Å²) in [5, 5.41) is 27.3. The molecule has 0 spiro atoms. The molecule has 4 fully saturated rings. The Morgan fingerprint density at radius 3 is 2.23 bits per heavy atom. The first-order valence-electron chi connectivity index (χ1n) is 23.5. The number of nitrogens with one attached hydrogen (secondary N) is 1. The standard InChI is InChI=1S/C48H79N3O15/c1-16-35-48(10)40(65-45(55)66-48)30(6)51(13)25-26(2)22-46(8,56)39(63-43-37(52)34(50(11)12)21-27(3)59-43)28(4)38(29(5)42(53)61-35)62-36-23-47(9,58-15)41(31(7)60-36)64-44(54)49-24-32-17-19-33(57-14)20-18-32/h17-20,26-31,34-41,43,52,56H,16,21-25H2,1-15H3,(H,49,54)/t26-,27-,28+,29-,30-,31+,34+,35-,36+,37-,38+,39-,40-,41+,43+,46+,47-,48-/m1/s1. The molecule has 4 aliphatic heterocycles. The van der Waals surface area contributed by atoms with Gasteiger partial charge in [0.2, 0.25) is 0 Å². The van der Waals surface area contributed by atoms with E-state index in [0.717, 1.165) is 5.56 Å². The fraction of sp³-hybridized carbons (Fsp3) is 0.812. The zero-order chi connectivity index (χ0) is 49.1. The first-order chi connectivity index (χ1) is 30.9. The minimum absolute atomic E-state index is 0.0650. The number of alkyl carbamates (subject to hydrolysis) is 1. The van der Waals surface area contributed by atoms with Gasteiger partial charge in [-0.2, -0.15) is 0 Å². The van der Waals surface area contributed by atoms with Gasteiger partial charge in [-0.15, -0.1) is 0 Å². The van der Waals surface area contributed by atoms with Crippen molar-refractivity contribution in [3.05, 3.63) is 29.8 Å². The van der Waals surface area contributed by atoms with E-state index in [1.165, 1.54) is 7.11 Å². The summed E-state index contributed by atoms with van der Waals surface area (Å²) in [5.74, 6) is -1.97. The molecule has 4 heterocycles. The number of hydrogen-bond acceptors (Lipinski definition) is 17. The van der Waals surface area contributed by atoms with Crippen LogP contribution in [0.3, 0.4) is 0 Å². The van der Waals surface area contributed by atoms with Crippen LogP contribution < -0.4 is 10.1 Å². The first kappa shape index (κ1) is 53.6. The smallest absolute Gasteiger partial charge is 0.497 e. The fourth-order valence-corrected chi connectivity index (χ4v) is 10.6. The Morgan fingerprint density at radius 1 is 0.955 bits per heavy atom. The molecule has 0 aromatic heterocycles. The lowest BCUT2D eigenvalue weighted by Crippen LogP contribution is -2.61. The monoisotopic (exact) mass is 938 g/mol. The van der Waals surface area contributed by atoms with Crippen molar-refractivity contribution in [1.29, 1.82) is 0 Å². The second kappa shape index (κ2) is 22.0. The molecule has 1 amide bonds. The number of ether oxygens (including phenoxy) is 10. The van der Waals surface area contributed by atoms with Gasteiger partial charge >= 0.3 is 18.2 Å². The summed E-state index contributed by atoms with van der Waals surface area (Å²) in [6.45, 7) is 18.9. The quantitative estimate of drug-likeness (QED) is 0.197. The second-order valence-corrected chi connectivity index (χ2v) is 20.2. The maximum absolute atomic E-state index is 14.7. The number of esters is 1. The molecule has 0 radical (unpaired) electrons. The van der Waals surface area contributed by atoms with Crippen LogP contribution in [0.5, 0.6) is 5.75 Å². The molecular formula is C48H79N3O15. The van der Waals surface area contributed by atoms with Crippen LogP contribution in [0, 0.1) is 17.8 Å². The third kappa shape index (κ3) is 12.1. The Bertz CT molecular complexity index is 1770. The Hall–Kier alpha value is -3.33. The molecule has 0 unspecified atom stereocenters. The maximum atomic E-state index is 14.7. The number of methoxy groups -OCH3 is 2. The van der Waals surface area contributed by atoms with E-state index in [1.54, 1.807) is 53.9 Å². The number of carbonyl (C=O) groups is 3. The number of benzene rings is 1. The molecule has 0 aliphatic carbocycles. The van der Waals surface area contributed by atoms with E-state index in [4.69, 9.17) is 47.4 Å². The number of carbonyl (C=O) groups excluding carboxylic acids is 3. The maximum Gasteiger partial charge on any atom is 0.509 e. The summed E-state index contributed by atoms with van der Waals surface area (Å²) < 4.78 is 61.9. The average molecular weight is 938 g/mol. The van der Waals surface area contributed by atoms with E-state index in [0.29, 0.717) is 25.1 Å². The number of amides is 1. The molecule has 18 atom stereocenters. The zero-order valence-corrected chi connectivity index (χ0v) is 41.8. The highest BCUT2D eigenvalue weighted by atomic mass is 16.8. The summed E-state index contributed by atoms with van der Waals surface area (Å²) in [6, 6.07) is 6.61. The number of hydrogen-bond donors (Lipinski definition) is 3. The van der Waals surface area contributed by atoms with E-state index < -0.39 is 102 Å². The van der Waals surface area contributed by atoms with Crippen LogP contribution in [0.2, 0.25) is 0 Å². The highest BCUT2D eigenvalue weighted by Crippen LogP contribution is 2.42. The average Bonchev–Trinajstić information content (AvgIpc) is 3.57. The third-order valence-corrected chi connectivity index (χ3v) is 14.5. The number of nitrogens with zero attached hydrogens (tertiary/aromatic N) is 2. The summed E-state index contributed by atoms with van der Waals surface area (Å²) in [5.41, 5.74) is -3.24. The van der Waals surface area contributed by atoms with Crippen LogP contribution in [0.25, 0.3) is 0 Å². The Morgan fingerprint density at radius 2 is 1.62 bits per heavy atom. The Labute approximate surface area is 391 Å². The number of likely N-dealkylation sites (N-methyl/N-ethyl adjacent to an activating group) is 2. The predicted octanol–water partition coefficient (Wildman–Crippen LogP) is 5.03. The highest BCUT2D eigenvalue weighted by molar-refractivity contribution is 5.73. The number of fused-ring (bicyclic) bond motifs is 1.